The Hall–Kier alpha value is -2.93. The second kappa shape index (κ2) is 12.1. The summed E-state index contributed by atoms with van der Waals surface area (Å²) >= 11 is 0. The molecule has 168 valence electrons. The summed E-state index contributed by atoms with van der Waals surface area (Å²) in [4.78, 5) is 0. The lowest BCUT2D eigenvalue weighted by molar-refractivity contribution is 0.261. The van der Waals surface area contributed by atoms with Crippen LogP contribution >= 0.6 is 0 Å². The van der Waals surface area contributed by atoms with Gasteiger partial charge in [0.15, 0.2) is 5.82 Å². The number of nitrogens with two attached hydrogens (primary N) is 1. The van der Waals surface area contributed by atoms with Gasteiger partial charge in [-0.2, -0.15) is 5.10 Å². The van der Waals surface area contributed by atoms with Crippen molar-refractivity contribution in [2.75, 3.05) is 18.8 Å². The molecule has 1 aliphatic rings. The summed E-state index contributed by atoms with van der Waals surface area (Å²) in [6.45, 7) is 12.3. The van der Waals surface area contributed by atoms with E-state index >= 15 is 0 Å². The van der Waals surface area contributed by atoms with Crippen LogP contribution in [0.3, 0.4) is 0 Å². The molecule has 1 atom stereocenters. The van der Waals surface area contributed by atoms with Gasteiger partial charge in [0.25, 0.3) is 0 Å². The molecule has 4 rings (SSSR count). The highest BCUT2D eigenvalue weighted by atomic mass is 16.3. The maximum absolute atomic E-state index is 10.1. The average Bonchev–Trinajstić information content (AvgIpc) is 3.33. The van der Waals surface area contributed by atoms with Crippen molar-refractivity contribution in [1.82, 2.24) is 25.3 Å². The molecule has 0 saturated carbocycles. The lowest BCUT2D eigenvalue weighted by Crippen LogP contribution is -2.31. The Morgan fingerprint density at radius 3 is 2.42 bits per heavy atom. The van der Waals surface area contributed by atoms with Crippen LogP contribution in [0.4, 0.5) is 5.82 Å². The Bertz CT molecular complexity index is 933. The topological polar surface area (TPSA) is 102 Å². The van der Waals surface area contributed by atoms with Crippen molar-refractivity contribution in [3.05, 3.63) is 42.7 Å². The van der Waals surface area contributed by atoms with Gasteiger partial charge in [-0.15, -0.1) is 10.2 Å². The van der Waals surface area contributed by atoms with Crippen molar-refractivity contribution in [3.63, 3.8) is 0 Å². The van der Waals surface area contributed by atoms with Crippen molar-refractivity contribution in [3.8, 4) is 28.1 Å². The number of hydrogen-bond donors (Lipinski definition) is 3. The van der Waals surface area contributed by atoms with Gasteiger partial charge in [-0.25, -0.2) is 0 Å². The summed E-state index contributed by atoms with van der Waals surface area (Å²) in [6.07, 6.45) is 6.16. The van der Waals surface area contributed by atoms with E-state index in [4.69, 9.17) is 5.73 Å². The lowest BCUT2D eigenvalue weighted by atomic mass is 9.91. The van der Waals surface area contributed by atoms with Crippen LogP contribution in [0.1, 0.15) is 53.5 Å². The van der Waals surface area contributed by atoms with Gasteiger partial charge in [-0.1, -0.05) is 39.8 Å². The van der Waals surface area contributed by atoms with Crippen LogP contribution in [0.5, 0.6) is 5.75 Å². The van der Waals surface area contributed by atoms with Gasteiger partial charge < -0.3 is 16.2 Å². The molecule has 3 heterocycles. The molecule has 1 saturated heterocycles. The number of rotatable bonds is 4. The molecule has 1 unspecified atom stereocenters. The minimum Gasteiger partial charge on any atom is -0.507 e. The monoisotopic (exact) mass is 424 g/mol. The van der Waals surface area contributed by atoms with Gasteiger partial charge in [-0.05, 0) is 57.0 Å². The minimum atomic E-state index is 0.165. The number of phenolic OH excluding ortho intramolecular Hbond substituents is 1. The Kier molecular flexibility index (Phi) is 9.46. The molecule has 0 radical (unpaired) electrons. The molecule has 2 aromatic heterocycles. The first kappa shape index (κ1) is 24.3. The van der Waals surface area contributed by atoms with E-state index in [1.165, 1.54) is 0 Å². The van der Waals surface area contributed by atoms with Crippen LogP contribution in [-0.4, -0.2) is 38.2 Å². The van der Waals surface area contributed by atoms with Crippen LogP contribution < -0.4 is 11.1 Å². The number of nitrogen functional groups attached to an aromatic ring is 1. The average molecular weight is 425 g/mol. The maximum atomic E-state index is 10.1. The quantitative estimate of drug-likeness (QED) is 0.550. The third-order valence-electron chi connectivity index (χ3n) is 5.40. The molecule has 3 aromatic rings. The number of aromatic nitrogens is 4. The normalized spacial score (nSPS) is 14.6. The molecule has 1 aromatic carbocycles. The number of nitrogens with one attached hydrogen (secondary N) is 1. The summed E-state index contributed by atoms with van der Waals surface area (Å²) in [5.74, 6) is 1.13. The van der Waals surface area contributed by atoms with Crippen LogP contribution in [-0.2, 0) is 0 Å². The third kappa shape index (κ3) is 5.82. The highest BCUT2D eigenvalue weighted by Crippen LogP contribution is 2.33. The summed E-state index contributed by atoms with van der Waals surface area (Å²) < 4.78 is 2.02. The first-order valence-corrected chi connectivity index (χ1v) is 11.3. The predicted molar refractivity (Wildman–Crippen MR) is 128 cm³/mol. The highest BCUT2D eigenvalue weighted by Gasteiger charge is 2.22. The number of hydrogen-bond acceptors (Lipinski definition) is 6. The Morgan fingerprint density at radius 2 is 1.74 bits per heavy atom. The third-order valence-corrected chi connectivity index (χ3v) is 5.40. The SMILES string of the molecule is CC.CC.CC(C1CCNCC1)n1cc(-c2cc(-c3ccccc3O)nnc2N)cn1. The fraction of sp³-hybridized carbons (Fsp3) is 0.458. The number of para-hydroxylation sites is 1. The predicted octanol–water partition coefficient (Wildman–Crippen LogP) is 4.91. The maximum Gasteiger partial charge on any atom is 0.154 e. The lowest BCUT2D eigenvalue weighted by Gasteiger charge is -2.28. The van der Waals surface area contributed by atoms with Gasteiger partial charge in [0.2, 0.25) is 0 Å². The molecular weight excluding hydrogens is 388 g/mol. The van der Waals surface area contributed by atoms with Crippen molar-refractivity contribution >= 4 is 5.82 Å². The fourth-order valence-corrected chi connectivity index (χ4v) is 3.70. The van der Waals surface area contributed by atoms with Crippen LogP contribution in [0.25, 0.3) is 22.4 Å². The Labute approximate surface area is 185 Å². The molecule has 7 heteroatoms. The molecule has 1 aliphatic heterocycles. The summed E-state index contributed by atoms with van der Waals surface area (Å²) in [7, 11) is 0. The molecule has 31 heavy (non-hydrogen) atoms. The van der Waals surface area contributed by atoms with E-state index in [0.717, 1.165) is 37.1 Å². The molecule has 0 aliphatic carbocycles. The number of anilines is 1. The zero-order chi connectivity index (χ0) is 22.8. The molecule has 0 spiro atoms. The number of phenols is 1. The molecule has 7 nitrogen and oxygen atoms in total. The van der Waals surface area contributed by atoms with Gasteiger partial charge in [-0.3, -0.25) is 4.68 Å². The van der Waals surface area contributed by atoms with Crippen molar-refractivity contribution in [2.24, 2.45) is 5.92 Å². The molecule has 0 amide bonds. The van der Waals surface area contributed by atoms with Gasteiger partial charge in [0, 0.05) is 22.9 Å². The zero-order valence-electron chi connectivity index (χ0n) is 19.3. The van der Waals surface area contributed by atoms with Crippen molar-refractivity contribution < 1.29 is 5.11 Å². The summed E-state index contributed by atoms with van der Waals surface area (Å²) in [6, 6.07) is 9.25. The van der Waals surface area contributed by atoms with E-state index in [9.17, 15) is 5.11 Å². The van der Waals surface area contributed by atoms with Gasteiger partial charge >= 0.3 is 0 Å². The molecule has 1 fully saturated rings. The number of aromatic hydroxyl groups is 1. The van der Waals surface area contributed by atoms with E-state index in [0.29, 0.717) is 29.0 Å². The van der Waals surface area contributed by atoms with Crippen LogP contribution in [0, 0.1) is 5.92 Å². The van der Waals surface area contributed by atoms with Crippen molar-refractivity contribution in [1.29, 1.82) is 0 Å². The first-order chi connectivity index (χ1) is 15.1. The van der Waals surface area contributed by atoms with Crippen molar-refractivity contribution in [2.45, 2.75) is 53.5 Å². The molecule has 4 N–H and O–H groups in total. The summed E-state index contributed by atoms with van der Waals surface area (Å²) in [5, 5.41) is 26.3. The van der Waals surface area contributed by atoms with E-state index in [2.05, 4.69) is 27.5 Å². The number of piperidine rings is 1. The smallest absolute Gasteiger partial charge is 0.154 e. The molecule has 0 bridgehead atoms. The van der Waals surface area contributed by atoms with Gasteiger partial charge in [0.1, 0.15) is 5.75 Å². The Balaban J connectivity index is 0.000000807. The van der Waals surface area contributed by atoms with E-state index < -0.39 is 0 Å². The van der Waals surface area contributed by atoms with E-state index in [1.807, 2.05) is 63.0 Å². The Morgan fingerprint density at radius 1 is 1.06 bits per heavy atom. The van der Waals surface area contributed by atoms with Crippen LogP contribution in [0.2, 0.25) is 0 Å². The van der Waals surface area contributed by atoms with Gasteiger partial charge in [0.05, 0.1) is 17.9 Å². The highest BCUT2D eigenvalue weighted by molar-refractivity contribution is 5.78. The fourth-order valence-electron chi connectivity index (χ4n) is 3.70. The van der Waals surface area contributed by atoms with Crippen LogP contribution in [0.15, 0.2) is 42.7 Å². The van der Waals surface area contributed by atoms with E-state index in [1.54, 1.807) is 12.1 Å². The second-order valence-corrected chi connectivity index (χ2v) is 7.08. The minimum absolute atomic E-state index is 0.165. The first-order valence-electron chi connectivity index (χ1n) is 11.3. The second-order valence-electron chi connectivity index (χ2n) is 7.08. The summed E-state index contributed by atoms with van der Waals surface area (Å²) in [5.41, 5.74) is 8.96. The number of benzene rings is 1. The zero-order valence-corrected chi connectivity index (χ0v) is 19.3. The number of nitrogens with zero attached hydrogens (tertiary/aromatic N) is 4. The standard InChI is InChI=1S/C20H24N6O.2C2H6/c1-13(14-6-8-22-9-7-14)26-12-15(11-23-26)17-10-18(24-25-20(17)21)16-4-2-3-5-19(16)27;2*1-2/h2-5,10-14,22,27H,6-9H2,1H3,(H2,21,25);2*1-2H3. The largest absolute Gasteiger partial charge is 0.507 e. The molecular formula is C24H36N6O. The van der Waals surface area contributed by atoms with E-state index in [-0.39, 0.29) is 5.75 Å².